The number of carbonyl (C=O) groups excluding carboxylic acids is 1. The van der Waals surface area contributed by atoms with Gasteiger partial charge in [-0.25, -0.2) is 4.79 Å². The van der Waals surface area contributed by atoms with Crippen molar-refractivity contribution in [3.63, 3.8) is 0 Å². The van der Waals surface area contributed by atoms with E-state index in [0.717, 1.165) is 48.3 Å². The van der Waals surface area contributed by atoms with E-state index in [4.69, 9.17) is 9.84 Å². The average molecular weight is 503 g/mol. The Bertz CT molecular complexity index is 877. The fourth-order valence-electron chi connectivity index (χ4n) is 3.83. The zero-order valence-corrected chi connectivity index (χ0v) is 21.3. The van der Waals surface area contributed by atoms with E-state index in [2.05, 4.69) is 6.92 Å². The van der Waals surface area contributed by atoms with Crippen molar-refractivity contribution < 1.29 is 29.6 Å². The van der Waals surface area contributed by atoms with Gasteiger partial charge in [0, 0.05) is 29.7 Å². The van der Waals surface area contributed by atoms with Gasteiger partial charge < -0.3 is 20.1 Å². The normalized spacial score (nSPS) is 19.1. The van der Waals surface area contributed by atoms with Gasteiger partial charge in [-0.05, 0) is 36.7 Å². The van der Waals surface area contributed by atoms with E-state index in [1.54, 1.807) is 12.2 Å². The van der Waals surface area contributed by atoms with Crippen molar-refractivity contribution in [2.24, 2.45) is 5.92 Å². The van der Waals surface area contributed by atoms with E-state index in [1.807, 2.05) is 36.4 Å². The van der Waals surface area contributed by atoms with Gasteiger partial charge in [0.05, 0.1) is 12.2 Å². The molecule has 3 N–H and O–H groups in total. The van der Waals surface area contributed by atoms with Gasteiger partial charge in [0.1, 0.15) is 5.76 Å². The Balaban J connectivity index is 2.06. The number of hydrogen-bond donors (Lipinski definition) is 3. The zero-order valence-electron chi connectivity index (χ0n) is 20.5. The number of ether oxygens (including phenoxy) is 1. The van der Waals surface area contributed by atoms with Gasteiger partial charge in [-0.15, -0.1) is 11.8 Å². The average Bonchev–Trinajstić information content (AvgIpc) is 3.12. The molecule has 1 aliphatic rings. The molecule has 7 heteroatoms. The molecule has 0 heterocycles. The van der Waals surface area contributed by atoms with Gasteiger partial charge in [-0.1, -0.05) is 75.1 Å². The summed E-state index contributed by atoms with van der Waals surface area (Å²) in [5, 5.41) is 29.8. The van der Waals surface area contributed by atoms with Crippen LogP contribution >= 0.6 is 11.8 Å². The summed E-state index contributed by atoms with van der Waals surface area (Å²) >= 11 is 1.53. The first-order valence-corrected chi connectivity index (χ1v) is 13.5. The highest BCUT2D eigenvalue weighted by Crippen LogP contribution is 2.41. The van der Waals surface area contributed by atoms with E-state index < -0.39 is 24.1 Å². The molecule has 0 unspecified atom stereocenters. The summed E-state index contributed by atoms with van der Waals surface area (Å²) in [4.78, 5) is 24.0. The fourth-order valence-corrected chi connectivity index (χ4v) is 5.11. The number of carboxylic acid groups (broad SMARTS) is 1. The maximum atomic E-state index is 12.5. The number of hydrogen-bond acceptors (Lipinski definition) is 6. The highest BCUT2D eigenvalue weighted by molar-refractivity contribution is 8.03. The van der Waals surface area contributed by atoms with Crippen LogP contribution in [0.4, 0.5) is 0 Å². The molecular weight excluding hydrogens is 464 g/mol. The van der Waals surface area contributed by atoms with Crippen LogP contribution in [0.1, 0.15) is 70.3 Å². The molecule has 1 aliphatic carbocycles. The number of aliphatic hydroxyl groups excluding tert-OH is 2. The second kappa shape index (κ2) is 16.3. The van der Waals surface area contributed by atoms with Gasteiger partial charge in [0.15, 0.2) is 0 Å². The summed E-state index contributed by atoms with van der Waals surface area (Å²) in [6, 6.07) is 9.46. The lowest BCUT2D eigenvalue weighted by Crippen LogP contribution is -2.14. The maximum Gasteiger partial charge on any atom is 0.335 e. The Hall–Kier alpha value is -2.35. The van der Waals surface area contributed by atoms with E-state index >= 15 is 0 Å². The predicted molar refractivity (Wildman–Crippen MR) is 141 cm³/mol. The van der Waals surface area contributed by atoms with Crippen molar-refractivity contribution in [1.82, 2.24) is 0 Å². The number of carboxylic acids is 1. The van der Waals surface area contributed by atoms with E-state index in [9.17, 15) is 19.8 Å². The summed E-state index contributed by atoms with van der Waals surface area (Å²) in [7, 11) is 0. The molecule has 0 aromatic heterocycles. The number of esters is 1. The van der Waals surface area contributed by atoms with Crippen LogP contribution in [0.15, 0.2) is 59.2 Å². The van der Waals surface area contributed by atoms with Crippen LogP contribution < -0.4 is 0 Å². The lowest BCUT2D eigenvalue weighted by molar-refractivity contribution is -0.137. The summed E-state index contributed by atoms with van der Waals surface area (Å²) in [6.45, 7) is 2.12. The second-order valence-electron chi connectivity index (χ2n) is 8.75. The van der Waals surface area contributed by atoms with Crippen molar-refractivity contribution in [2.45, 2.75) is 76.9 Å². The quantitative estimate of drug-likeness (QED) is 0.115. The predicted octanol–water partition coefficient (Wildman–Crippen LogP) is 5.71. The molecule has 3 atom stereocenters. The van der Waals surface area contributed by atoms with Crippen LogP contribution in [0.3, 0.4) is 0 Å². The van der Waals surface area contributed by atoms with Crippen LogP contribution in [0, 0.1) is 5.92 Å². The molecule has 1 aromatic rings. The molecule has 0 aliphatic heterocycles. The van der Waals surface area contributed by atoms with Crippen LogP contribution in [0.2, 0.25) is 0 Å². The molecule has 6 nitrogen and oxygen atoms in total. The van der Waals surface area contributed by atoms with E-state index in [1.165, 1.54) is 17.8 Å². The van der Waals surface area contributed by atoms with Gasteiger partial charge in [0.25, 0.3) is 0 Å². The van der Waals surface area contributed by atoms with E-state index in [0.29, 0.717) is 18.6 Å². The minimum absolute atomic E-state index is 0.157. The van der Waals surface area contributed by atoms with Crippen LogP contribution in [-0.4, -0.2) is 45.2 Å². The maximum absolute atomic E-state index is 12.5. The molecule has 0 saturated heterocycles. The standard InChI is InChI=1S/C28H38O6S/c1-2-3-6-13-22(29)16-17-23-24(30)20-25(28(23)35-19-10-5-9-14-26(31)32)34-27(33)18-15-21-11-7-4-8-12-21/h4,7-8,11-12,15-18,22-24,29-30H,2-3,5-6,9-10,13-14,19-20H2,1H3,(H,31,32)/b17-16+,18-15?/t22-,23-,24+/m0/s1. The van der Waals surface area contributed by atoms with Gasteiger partial charge in [-0.3, -0.25) is 4.79 Å². The minimum atomic E-state index is -0.792. The minimum Gasteiger partial charge on any atom is -0.481 e. The zero-order chi connectivity index (χ0) is 25.5. The third kappa shape index (κ3) is 11.3. The number of thioether (sulfide) groups is 1. The van der Waals surface area contributed by atoms with Gasteiger partial charge >= 0.3 is 11.9 Å². The molecule has 0 saturated carbocycles. The monoisotopic (exact) mass is 502 g/mol. The summed E-state index contributed by atoms with van der Waals surface area (Å²) in [6.07, 6.45) is 11.7. The highest BCUT2D eigenvalue weighted by Gasteiger charge is 2.34. The number of benzene rings is 1. The smallest absolute Gasteiger partial charge is 0.335 e. The van der Waals surface area contributed by atoms with Gasteiger partial charge in [-0.2, -0.15) is 0 Å². The fraction of sp³-hybridized carbons (Fsp3) is 0.500. The topological polar surface area (TPSA) is 104 Å². The first kappa shape index (κ1) is 28.9. The molecule has 2 rings (SSSR count). The van der Waals surface area contributed by atoms with Crippen molar-refractivity contribution in [3.05, 3.63) is 64.8 Å². The number of unbranched alkanes of at least 4 members (excludes halogenated alkanes) is 4. The molecule has 0 bridgehead atoms. The molecule has 192 valence electrons. The lowest BCUT2D eigenvalue weighted by Gasteiger charge is -2.15. The van der Waals surface area contributed by atoms with E-state index in [-0.39, 0.29) is 18.8 Å². The third-order valence-corrected chi connectivity index (χ3v) is 7.06. The number of carbonyl (C=O) groups is 2. The molecule has 1 aromatic carbocycles. The molecule has 0 radical (unpaired) electrons. The van der Waals surface area contributed by atoms with Crippen molar-refractivity contribution in [2.75, 3.05) is 5.75 Å². The first-order chi connectivity index (χ1) is 16.9. The van der Waals surface area contributed by atoms with Crippen LogP contribution in [-0.2, 0) is 14.3 Å². The number of rotatable bonds is 16. The summed E-state index contributed by atoms with van der Waals surface area (Å²) in [5.41, 5.74) is 0.888. The second-order valence-corrected chi connectivity index (χ2v) is 9.89. The molecular formula is C28H38O6S. The van der Waals surface area contributed by atoms with Crippen LogP contribution in [0.5, 0.6) is 0 Å². The lowest BCUT2D eigenvalue weighted by atomic mass is 10.0. The largest absolute Gasteiger partial charge is 0.481 e. The molecule has 0 amide bonds. The summed E-state index contributed by atoms with van der Waals surface area (Å²) in [5.74, 6) is -0.447. The van der Waals surface area contributed by atoms with Crippen molar-refractivity contribution in [1.29, 1.82) is 0 Å². The van der Waals surface area contributed by atoms with Gasteiger partial charge in [0.2, 0.25) is 0 Å². The highest BCUT2D eigenvalue weighted by atomic mass is 32.2. The Morgan fingerprint density at radius 1 is 1.14 bits per heavy atom. The Kier molecular flexibility index (Phi) is 13.5. The molecule has 0 fully saturated rings. The van der Waals surface area contributed by atoms with Crippen molar-refractivity contribution >= 4 is 29.8 Å². The molecule has 0 spiro atoms. The Morgan fingerprint density at radius 3 is 2.63 bits per heavy atom. The molecule has 35 heavy (non-hydrogen) atoms. The van der Waals surface area contributed by atoms with Crippen LogP contribution in [0.25, 0.3) is 6.08 Å². The Labute approximate surface area is 212 Å². The summed E-state index contributed by atoms with van der Waals surface area (Å²) < 4.78 is 5.64. The SMILES string of the molecule is CCCCC[C@H](O)/C=C/[C@@H]1C(SCCCCCC(=O)O)=C(OC(=O)C=Cc2ccccc2)C[C@H]1O. The van der Waals surface area contributed by atoms with Crippen molar-refractivity contribution in [3.8, 4) is 0 Å². The number of aliphatic hydroxyl groups is 2. The third-order valence-electron chi connectivity index (χ3n) is 5.76. The first-order valence-electron chi connectivity index (χ1n) is 12.5. The Morgan fingerprint density at radius 2 is 1.91 bits per heavy atom. The number of aliphatic carboxylic acids is 1.